The van der Waals surface area contributed by atoms with Crippen LogP contribution in [0.5, 0.6) is 0 Å². The highest BCUT2D eigenvalue weighted by Gasteiger charge is 2.30. The van der Waals surface area contributed by atoms with E-state index in [0.717, 1.165) is 28.8 Å². The van der Waals surface area contributed by atoms with E-state index in [1.54, 1.807) is 29.7 Å². The van der Waals surface area contributed by atoms with Crippen LogP contribution in [0.1, 0.15) is 52.6 Å². The number of hydrogen-bond donors (Lipinski definition) is 1. The number of amides is 2. The molecule has 31 heavy (non-hydrogen) atoms. The number of fused-ring (bicyclic) bond motifs is 1. The smallest absolute Gasteiger partial charge is 0.410 e. The summed E-state index contributed by atoms with van der Waals surface area (Å²) in [4.78, 5) is 27.6. The van der Waals surface area contributed by atoms with E-state index >= 15 is 0 Å². The Kier molecular flexibility index (Phi) is 6.40. The number of rotatable bonds is 4. The van der Waals surface area contributed by atoms with E-state index in [0.29, 0.717) is 13.1 Å². The van der Waals surface area contributed by atoms with Gasteiger partial charge in [-0.25, -0.2) is 4.79 Å². The first-order valence-corrected chi connectivity index (χ1v) is 10.6. The van der Waals surface area contributed by atoms with Gasteiger partial charge in [0.25, 0.3) is 0 Å². The third-order valence-corrected chi connectivity index (χ3v) is 5.40. The second-order valence-corrected chi connectivity index (χ2v) is 9.25. The van der Waals surface area contributed by atoms with Crippen molar-refractivity contribution in [2.45, 2.75) is 65.3 Å². The van der Waals surface area contributed by atoms with Crippen molar-refractivity contribution in [3.05, 3.63) is 36.2 Å². The predicted molar refractivity (Wildman–Crippen MR) is 121 cm³/mol. The lowest BCUT2D eigenvalue weighted by atomic mass is 9.90. The lowest BCUT2D eigenvalue weighted by Gasteiger charge is -2.37. The molecule has 2 atom stereocenters. The quantitative estimate of drug-likeness (QED) is 0.805. The highest BCUT2D eigenvalue weighted by Crippen LogP contribution is 2.38. The molecule has 2 N–H and O–H groups in total. The molecule has 0 spiro atoms. The maximum Gasteiger partial charge on any atom is 0.410 e. The van der Waals surface area contributed by atoms with Crippen molar-refractivity contribution in [3.63, 3.8) is 0 Å². The molecule has 0 fully saturated rings. The van der Waals surface area contributed by atoms with Crippen LogP contribution in [0.2, 0.25) is 0 Å². The third-order valence-electron chi connectivity index (χ3n) is 5.40. The van der Waals surface area contributed by atoms with Gasteiger partial charge in [0.15, 0.2) is 0 Å². The van der Waals surface area contributed by atoms with E-state index in [-0.39, 0.29) is 24.1 Å². The molecule has 1 aromatic heterocycles. The lowest BCUT2D eigenvalue weighted by Crippen LogP contribution is -2.43. The number of anilines is 1. The summed E-state index contributed by atoms with van der Waals surface area (Å²) in [5.74, 6) is 0.0235. The fourth-order valence-electron chi connectivity index (χ4n) is 3.89. The number of aromatic nitrogens is 2. The van der Waals surface area contributed by atoms with Gasteiger partial charge in [-0.15, -0.1) is 0 Å². The standard InChI is InChI=1S/C23H33N5O3/c1-15-11-20(24)19-12-17(7-8-21(19)28(15)16(2)29)18-13-25-27(14-18)10-9-26(6)22(30)31-23(3,4)5/h7-8,12-15,20H,9-11,24H2,1-6H3. The van der Waals surface area contributed by atoms with Gasteiger partial charge < -0.3 is 20.3 Å². The number of nitrogens with zero attached hydrogens (tertiary/aromatic N) is 4. The zero-order valence-corrected chi connectivity index (χ0v) is 19.3. The number of carbonyl (C=O) groups is 2. The highest BCUT2D eigenvalue weighted by atomic mass is 16.6. The molecule has 8 heteroatoms. The Morgan fingerprint density at radius 2 is 2.00 bits per heavy atom. The minimum Gasteiger partial charge on any atom is -0.444 e. The first-order chi connectivity index (χ1) is 14.5. The molecular weight excluding hydrogens is 394 g/mol. The van der Waals surface area contributed by atoms with Crippen molar-refractivity contribution < 1.29 is 14.3 Å². The molecule has 2 aromatic rings. The van der Waals surface area contributed by atoms with E-state index in [2.05, 4.69) is 11.2 Å². The van der Waals surface area contributed by atoms with Crippen molar-refractivity contribution in [2.24, 2.45) is 5.73 Å². The topological polar surface area (TPSA) is 93.7 Å². The Hall–Kier alpha value is -2.87. The average Bonchev–Trinajstić information content (AvgIpc) is 3.13. The van der Waals surface area contributed by atoms with Crippen LogP contribution in [-0.4, -0.2) is 51.9 Å². The van der Waals surface area contributed by atoms with Crippen LogP contribution in [0.15, 0.2) is 30.6 Å². The largest absolute Gasteiger partial charge is 0.444 e. The van der Waals surface area contributed by atoms with Crippen LogP contribution >= 0.6 is 0 Å². The summed E-state index contributed by atoms with van der Waals surface area (Å²) in [6.07, 6.45) is 4.12. The van der Waals surface area contributed by atoms with Crippen molar-refractivity contribution in [2.75, 3.05) is 18.5 Å². The minimum absolute atomic E-state index is 0.0235. The molecule has 0 bridgehead atoms. The molecule has 1 aliphatic heterocycles. The van der Waals surface area contributed by atoms with E-state index in [4.69, 9.17) is 10.5 Å². The van der Waals surface area contributed by atoms with Crippen molar-refractivity contribution >= 4 is 17.7 Å². The monoisotopic (exact) mass is 427 g/mol. The van der Waals surface area contributed by atoms with Gasteiger partial charge >= 0.3 is 6.09 Å². The molecule has 2 unspecified atom stereocenters. The first kappa shape index (κ1) is 22.8. The summed E-state index contributed by atoms with van der Waals surface area (Å²) in [6.45, 7) is 10.2. The summed E-state index contributed by atoms with van der Waals surface area (Å²) in [7, 11) is 1.71. The number of carbonyl (C=O) groups excluding carboxylic acids is 2. The van der Waals surface area contributed by atoms with Crippen LogP contribution in [0.3, 0.4) is 0 Å². The van der Waals surface area contributed by atoms with Crippen LogP contribution in [-0.2, 0) is 16.1 Å². The minimum atomic E-state index is -0.521. The molecule has 0 saturated heterocycles. The fraction of sp³-hybridized carbons (Fsp3) is 0.522. The molecule has 2 heterocycles. The molecule has 3 rings (SSSR count). The van der Waals surface area contributed by atoms with Gasteiger partial charge in [0, 0.05) is 50.0 Å². The molecule has 1 aliphatic rings. The average molecular weight is 428 g/mol. The maximum atomic E-state index is 12.1. The molecule has 1 aromatic carbocycles. The molecule has 0 radical (unpaired) electrons. The number of benzene rings is 1. The van der Waals surface area contributed by atoms with Crippen molar-refractivity contribution in [3.8, 4) is 11.1 Å². The van der Waals surface area contributed by atoms with Gasteiger partial charge in [-0.05, 0) is 57.4 Å². The van der Waals surface area contributed by atoms with Crippen LogP contribution in [0.25, 0.3) is 11.1 Å². The normalized spacial score (nSPS) is 18.5. The van der Waals surface area contributed by atoms with Gasteiger partial charge in [-0.1, -0.05) is 6.07 Å². The second kappa shape index (κ2) is 8.70. The molecule has 0 aliphatic carbocycles. The fourth-order valence-corrected chi connectivity index (χ4v) is 3.89. The second-order valence-electron chi connectivity index (χ2n) is 9.25. The number of likely N-dealkylation sites (N-methyl/N-ethyl adjacent to an activating group) is 1. The Bertz CT molecular complexity index is 962. The summed E-state index contributed by atoms with van der Waals surface area (Å²) in [5, 5.41) is 4.43. The predicted octanol–water partition coefficient (Wildman–Crippen LogP) is 3.56. The summed E-state index contributed by atoms with van der Waals surface area (Å²) in [6, 6.07) is 5.98. The SMILES string of the molecule is CC(=O)N1c2ccc(-c3cnn(CCN(C)C(=O)OC(C)(C)C)c3)cc2C(N)CC1C. The Labute approximate surface area is 183 Å². The Balaban J connectivity index is 1.72. The first-order valence-electron chi connectivity index (χ1n) is 10.6. The molecule has 8 nitrogen and oxygen atoms in total. The third kappa shape index (κ3) is 5.25. The number of ether oxygens (including phenoxy) is 1. The maximum absolute atomic E-state index is 12.1. The summed E-state index contributed by atoms with van der Waals surface area (Å²) in [5.41, 5.74) is 9.69. The number of hydrogen-bond acceptors (Lipinski definition) is 5. The summed E-state index contributed by atoms with van der Waals surface area (Å²) >= 11 is 0. The van der Waals surface area contributed by atoms with Gasteiger partial charge in [-0.3, -0.25) is 9.48 Å². The van der Waals surface area contributed by atoms with Gasteiger partial charge in [-0.2, -0.15) is 5.10 Å². The zero-order chi connectivity index (χ0) is 22.9. The molecule has 2 amide bonds. The Morgan fingerprint density at radius 3 is 2.65 bits per heavy atom. The van der Waals surface area contributed by atoms with Crippen LogP contribution < -0.4 is 10.6 Å². The van der Waals surface area contributed by atoms with Crippen molar-refractivity contribution in [1.29, 1.82) is 0 Å². The summed E-state index contributed by atoms with van der Waals surface area (Å²) < 4.78 is 7.18. The van der Waals surface area contributed by atoms with Gasteiger partial charge in [0.05, 0.1) is 12.7 Å². The highest BCUT2D eigenvalue weighted by molar-refractivity contribution is 5.94. The van der Waals surface area contributed by atoms with E-state index in [1.165, 1.54) is 0 Å². The lowest BCUT2D eigenvalue weighted by molar-refractivity contribution is -0.117. The Morgan fingerprint density at radius 1 is 1.29 bits per heavy atom. The number of nitrogens with two attached hydrogens (primary N) is 1. The van der Waals surface area contributed by atoms with Crippen molar-refractivity contribution in [1.82, 2.24) is 14.7 Å². The van der Waals surface area contributed by atoms with E-state index < -0.39 is 5.60 Å². The molecule has 0 saturated carbocycles. The van der Waals surface area contributed by atoms with Gasteiger partial charge in [0.1, 0.15) is 5.60 Å². The van der Waals surface area contributed by atoms with Crippen LogP contribution in [0.4, 0.5) is 10.5 Å². The molecular formula is C23H33N5O3. The van der Waals surface area contributed by atoms with Crippen LogP contribution in [0, 0.1) is 0 Å². The molecule has 168 valence electrons. The zero-order valence-electron chi connectivity index (χ0n) is 19.3. The van der Waals surface area contributed by atoms with Gasteiger partial charge in [0.2, 0.25) is 5.91 Å². The van der Waals surface area contributed by atoms with E-state index in [9.17, 15) is 9.59 Å². The van der Waals surface area contributed by atoms with E-state index in [1.807, 2.05) is 50.9 Å².